The molecule has 1 aliphatic carbocycles. The van der Waals surface area contributed by atoms with Crippen molar-refractivity contribution in [3.05, 3.63) is 40.5 Å². The molecule has 1 aromatic carbocycles. The van der Waals surface area contributed by atoms with E-state index in [9.17, 15) is 4.79 Å². The van der Waals surface area contributed by atoms with Crippen LogP contribution in [0.1, 0.15) is 46.5 Å². The van der Waals surface area contributed by atoms with Crippen molar-refractivity contribution in [2.75, 3.05) is 5.32 Å². The lowest BCUT2D eigenvalue weighted by Crippen LogP contribution is -2.15. The summed E-state index contributed by atoms with van der Waals surface area (Å²) in [4.78, 5) is 22.6. The van der Waals surface area contributed by atoms with Crippen molar-refractivity contribution < 1.29 is 9.53 Å². The average Bonchev–Trinajstić information content (AvgIpc) is 3.25. The van der Waals surface area contributed by atoms with Crippen LogP contribution in [-0.2, 0) is 0 Å². The van der Waals surface area contributed by atoms with Gasteiger partial charge in [0.15, 0.2) is 0 Å². The number of carbonyl (C=O) groups excluding carboxylic acids is 1. The minimum atomic E-state index is -0.466. The van der Waals surface area contributed by atoms with Gasteiger partial charge in [0.05, 0.1) is 17.2 Å². The number of nitrogens with zero attached hydrogens (tertiary/aromatic N) is 2. The molecule has 2 heterocycles. The monoisotopic (exact) mass is 382 g/mol. The molecule has 6 nitrogen and oxygen atoms in total. The zero-order valence-electron chi connectivity index (χ0n) is 15.4. The molecule has 0 bridgehead atoms. The van der Waals surface area contributed by atoms with Crippen LogP contribution in [0.2, 0.25) is 0 Å². The maximum atomic E-state index is 11.6. The van der Waals surface area contributed by atoms with Gasteiger partial charge < -0.3 is 15.8 Å². The summed E-state index contributed by atoms with van der Waals surface area (Å²) in [6.07, 6.45) is 6.13. The fourth-order valence-electron chi connectivity index (χ4n) is 3.47. The second-order valence-electron chi connectivity index (χ2n) is 6.91. The summed E-state index contributed by atoms with van der Waals surface area (Å²) in [6.45, 7) is 4.16. The first kappa shape index (κ1) is 17.7. The molecule has 0 spiro atoms. The van der Waals surface area contributed by atoms with Gasteiger partial charge in [-0.1, -0.05) is 0 Å². The number of rotatable bonds is 5. The fourth-order valence-corrected chi connectivity index (χ4v) is 4.46. The largest absolute Gasteiger partial charge is 0.488 e. The Labute approximate surface area is 161 Å². The second-order valence-corrected chi connectivity index (χ2v) is 8.11. The number of thiophene rings is 1. The van der Waals surface area contributed by atoms with E-state index in [2.05, 4.69) is 29.1 Å². The number of nitrogens with one attached hydrogen (secondary N) is 1. The lowest BCUT2D eigenvalue weighted by Gasteiger charge is -2.18. The number of benzene rings is 1. The lowest BCUT2D eigenvalue weighted by atomic mass is 10.1. The van der Waals surface area contributed by atoms with E-state index >= 15 is 0 Å². The van der Waals surface area contributed by atoms with Crippen molar-refractivity contribution in [3.63, 3.8) is 0 Å². The first-order valence-corrected chi connectivity index (χ1v) is 9.93. The maximum Gasteiger partial charge on any atom is 0.248 e. The van der Waals surface area contributed by atoms with Gasteiger partial charge in [-0.15, -0.1) is 11.3 Å². The summed E-state index contributed by atoms with van der Waals surface area (Å²) >= 11 is 1.66. The number of amides is 1. The van der Waals surface area contributed by atoms with Gasteiger partial charge in [-0.05, 0) is 63.3 Å². The van der Waals surface area contributed by atoms with Crippen molar-refractivity contribution in [2.24, 2.45) is 5.73 Å². The molecule has 1 saturated carbocycles. The topological polar surface area (TPSA) is 90.1 Å². The molecule has 2 aromatic heterocycles. The number of ether oxygens (including phenoxy) is 1. The quantitative estimate of drug-likeness (QED) is 0.679. The predicted molar refractivity (Wildman–Crippen MR) is 108 cm³/mol. The number of primary amides is 1. The van der Waals surface area contributed by atoms with Gasteiger partial charge in [-0.3, -0.25) is 4.79 Å². The molecule has 0 atom stereocenters. The standard InChI is InChI=1S/C20H22N4O2S/c1-11-12(2)27-20-17(11)19(22-10-23-20)24-15-8-7-13(18(21)25)9-16(15)26-14-5-3-4-6-14/h7-10,14H,3-6H2,1-2H3,(H2,21,25)(H,22,23,24). The van der Waals surface area contributed by atoms with Gasteiger partial charge in [0.2, 0.25) is 5.91 Å². The third kappa shape index (κ3) is 3.47. The van der Waals surface area contributed by atoms with Crippen molar-refractivity contribution in [1.82, 2.24) is 9.97 Å². The maximum absolute atomic E-state index is 11.6. The normalized spacial score (nSPS) is 14.6. The number of aryl methyl sites for hydroxylation is 2. The third-order valence-corrected chi connectivity index (χ3v) is 6.20. The summed E-state index contributed by atoms with van der Waals surface area (Å²) < 4.78 is 6.21. The van der Waals surface area contributed by atoms with Crippen LogP contribution in [0.3, 0.4) is 0 Å². The molecular formula is C20H22N4O2S. The Bertz CT molecular complexity index is 1010. The number of nitrogens with two attached hydrogens (primary N) is 1. The van der Waals surface area contributed by atoms with Crippen LogP contribution in [-0.4, -0.2) is 22.0 Å². The van der Waals surface area contributed by atoms with Crippen LogP contribution in [0.15, 0.2) is 24.5 Å². The summed E-state index contributed by atoms with van der Waals surface area (Å²) in [5, 5.41) is 4.41. The lowest BCUT2D eigenvalue weighted by molar-refractivity contribution is 0.0999. The molecule has 0 unspecified atom stereocenters. The van der Waals surface area contributed by atoms with E-state index in [-0.39, 0.29) is 6.10 Å². The Hall–Kier alpha value is -2.67. The van der Waals surface area contributed by atoms with E-state index in [0.29, 0.717) is 11.3 Å². The molecule has 1 amide bonds. The molecule has 1 fully saturated rings. The van der Waals surface area contributed by atoms with Crippen molar-refractivity contribution in [1.29, 1.82) is 0 Å². The molecular weight excluding hydrogens is 360 g/mol. The number of aromatic nitrogens is 2. The van der Waals surface area contributed by atoms with E-state index in [0.717, 1.165) is 34.6 Å². The minimum Gasteiger partial charge on any atom is -0.488 e. The van der Waals surface area contributed by atoms with Crippen molar-refractivity contribution >= 4 is 39.0 Å². The van der Waals surface area contributed by atoms with Crippen molar-refractivity contribution in [3.8, 4) is 5.75 Å². The highest BCUT2D eigenvalue weighted by molar-refractivity contribution is 7.18. The summed E-state index contributed by atoms with van der Waals surface area (Å²) in [7, 11) is 0. The van der Waals surface area contributed by atoms with Gasteiger partial charge >= 0.3 is 0 Å². The minimum absolute atomic E-state index is 0.171. The fraction of sp³-hybridized carbons (Fsp3) is 0.350. The number of hydrogen-bond donors (Lipinski definition) is 2. The zero-order valence-corrected chi connectivity index (χ0v) is 16.2. The smallest absolute Gasteiger partial charge is 0.248 e. The first-order chi connectivity index (χ1) is 13.0. The highest BCUT2D eigenvalue weighted by Crippen LogP contribution is 2.37. The van der Waals surface area contributed by atoms with E-state index in [4.69, 9.17) is 10.5 Å². The van der Waals surface area contributed by atoms with E-state index < -0.39 is 5.91 Å². The van der Waals surface area contributed by atoms with Crippen LogP contribution in [0, 0.1) is 13.8 Å². The number of fused-ring (bicyclic) bond motifs is 1. The zero-order chi connectivity index (χ0) is 19.0. The van der Waals surface area contributed by atoms with E-state index in [1.807, 2.05) is 6.07 Å². The van der Waals surface area contributed by atoms with Crippen LogP contribution < -0.4 is 15.8 Å². The Morgan fingerprint density at radius 3 is 2.78 bits per heavy atom. The first-order valence-electron chi connectivity index (χ1n) is 9.11. The van der Waals surface area contributed by atoms with Crippen LogP contribution in [0.5, 0.6) is 5.75 Å². The molecule has 7 heteroatoms. The third-order valence-electron chi connectivity index (χ3n) is 5.08. The van der Waals surface area contributed by atoms with Crippen LogP contribution in [0.25, 0.3) is 10.2 Å². The predicted octanol–water partition coefficient (Wildman–Crippen LogP) is 4.47. The van der Waals surface area contributed by atoms with Gasteiger partial charge in [0.25, 0.3) is 0 Å². The Kier molecular flexibility index (Phi) is 4.70. The van der Waals surface area contributed by atoms with Crippen molar-refractivity contribution in [2.45, 2.75) is 45.6 Å². The van der Waals surface area contributed by atoms with Gasteiger partial charge in [0, 0.05) is 10.4 Å². The highest BCUT2D eigenvalue weighted by atomic mass is 32.1. The molecule has 0 aliphatic heterocycles. The second kappa shape index (κ2) is 7.15. The SMILES string of the molecule is Cc1sc2ncnc(Nc3ccc(C(N)=O)cc3OC3CCCC3)c2c1C. The Morgan fingerprint density at radius 2 is 2.04 bits per heavy atom. The molecule has 0 radical (unpaired) electrons. The highest BCUT2D eigenvalue weighted by Gasteiger charge is 2.20. The van der Waals surface area contributed by atoms with Crippen LogP contribution >= 0.6 is 11.3 Å². The Morgan fingerprint density at radius 1 is 1.26 bits per heavy atom. The Balaban J connectivity index is 1.74. The molecule has 4 rings (SSSR count). The number of carbonyl (C=O) groups is 1. The summed E-state index contributed by atoms with van der Waals surface area (Å²) in [5.41, 5.74) is 7.84. The van der Waals surface area contributed by atoms with Crippen LogP contribution in [0.4, 0.5) is 11.5 Å². The molecule has 3 aromatic rings. The van der Waals surface area contributed by atoms with Gasteiger partial charge in [-0.2, -0.15) is 0 Å². The molecule has 27 heavy (non-hydrogen) atoms. The molecule has 1 aliphatic rings. The van der Waals surface area contributed by atoms with E-state index in [1.54, 1.807) is 29.8 Å². The summed E-state index contributed by atoms with van der Waals surface area (Å²) in [5.74, 6) is 0.908. The molecule has 0 saturated heterocycles. The number of anilines is 2. The van der Waals surface area contributed by atoms with E-state index in [1.165, 1.54) is 23.3 Å². The molecule has 3 N–H and O–H groups in total. The average molecular weight is 382 g/mol. The summed E-state index contributed by atoms with van der Waals surface area (Å²) in [6, 6.07) is 5.25. The number of hydrogen-bond acceptors (Lipinski definition) is 6. The van der Waals surface area contributed by atoms with Gasteiger partial charge in [0.1, 0.15) is 22.7 Å². The molecule has 140 valence electrons. The van der Waals surface area contributed by atoms with Gasteiger partial charge in [-0.25, -0.2) is 9.97 Å².